The lowest BCUT2D eigenvalue weighted by atomic mass is 9.97. The Labute approximate surface area is 163 Å². The molecule has 3 heterocycles. The molecule has 4 heteroatoms. The van der Waals surface area contributed by atoms with Crippen LogP contribution >= 0.6 is 0 Å². The first-order valence-corrected chi connectivity index (χ1v) is 10.5. The van der Waals surface area contributed by atoms with Crippen molar-refractivity contribution in [2.24, 2.45) is 0 Å². The molecule has 1 fully saturated rings. The van der Waals surface area contributed by atoms with Crippen molar-refractivity contribution in [3.05, 3.63) is 59.2 Å². The summed E-state index contributed by atoms with van der Waals surface area (Å²) in [4.78, 5) is 14.7. The molecule has 1 aromatic carbocycles. The summed E-state index contributed by atoms with van der Waals surface area (Å²) in [7, 11) is 2.21. The molecule has 0 radical (unpaired) electrons. The SMILES string of the molecule is C[C@H](CCN1CCc2nc([C@@H]3CCCCN3C)ncc2C1)c1ccccc1. The molecule has 2 aromatic rings. The third-order valence-corrected chi connectivity index (χ3v) is 6.35. The quantitative estimate of drug-likeness (QED) is 0.796. The molecule has 0 saturated carbocycles. The van der Waals surface area contributed by atoms with Gasteiger partial charge in [-0.05, 0) is 50.9 Å². The van der Waals surface area contributed by atoms with Crippen molar-refractivity contribution in [3.8, 4) is 0 Å². The average Bonchev–Trinajstić information content (AvgIpc) is 2.72. The van der Waals surface area contributed by atoms with Gasteiger partial charge in [0.15, 0.2) is 0 Å². The molecule has 4 rings (SSSR count). The second kappa shape index (κ2) is 8.49. The zero-order chi connectivity index (χ0) is 18.6. The average molecular weight is 365 g/mol. The highest BCUT2D eigenvalue weighted by Gasteiger charge is 2.25. The van der Waals surface area contributed by atoms with Crippen molar-refractivity contribution in [2.45, 2.75) is 57.5 Å². The van der Waals surface area contributed by atoms with Crippen molar-refractivity contribution >= 4 is 0 Å². The maximum Gasteiger partial charge on any atom is 0.145 e. The lowest BCUT2D eigenvalue weighted by Gasteiger charge is -2.33. The van der Waals surface area contributed by atoms with Gasteiger partial charge in [0.1, 0.15) is 5.82 Å². The lowest BCUT2D eigenvalue weighted by molar-refractivity contribution is 0.178. The first kappa shape index (κ1) is 18.6. The topological polar surface area (TPSA) is 32.3 Å². The van der Waals surface area contributed by atoms with Crippen LogP contribution in [0, 0.1) is 0 Å². The van der Waals surface area contributed by atoms with Gasteiger partial charge in [-0.2, -0.15) is 0 Å². The van der Waals surface area contributed by atoms with E-state index < -0.39 is 0 Å². The number of likely N-dealkylation sites (tertiary alicyclic amines) is 1. The minimum Gasteiger partial charge on any atom is -0.299 e. The summed E-state index contributed by atoms with van der Waals surface area (Å²) in [5.41, 5.74) is 4.06. The van der Waals surface area contributed by atoms with Crippen molar-refractivity contribution in [1.29, 1.82) is 0 Å². The van der Waals surface area contributed by atoms with E-state index in [1.54, 1.807) is 0 Å². The Morgan fingerprint density at radius 1 is 1.15 bits per heavy atom. The summed E-state index contributed by atoms with van der Waals surface area (Å²) in [5, 5.41) is 0. The van der Waals surface area contributed by atoms with Gasteiger partial charge in [-0.25, -0.2) is 9.97 Å². The van der Waals surface area contributed by atoms with E-state index >= 15 is 0 Å². The predicted molar refractivity (Wildman–Crippen MR) is 110 cm³/mol. The van der Waals surface area contributed by atoms with Crippen LogP contribution in [0.1, 0.15) is 67.2 Å². The normalized spacial score (nSPS) is 22.4. The van der Waals surface area contributed by atoms with Gasteiger partial charge in [0.2, 0.25) is 0 Å². The molecule has 1 aromatic heterocycles. The van der Waals surface area contributed by atoms with Gasteiger partial charge in [0, 0.05) is 37.0 Å². The molecule has 27 heavy (non-hydrogen) atoms. The van der Waals surface area contributed by atoms with Gasteiger partial charge in [-0.1, -0.05) is 43.7 Å². The summed E-state index contributed by atoms with van der Waals surface area (Å²) in [6.45, 7) is 6.76. The summed E-state index contributed by atoms with van der Waals surface area (Å²) >= 11 is 0. The Morgan fingerprint density at radius 2 is 2.00 bits per heavy atom. The summed E-state index contributed by atoms with van der Waals surface area (Å²) in [6.07, 6.45) is 8.15. The van der Waals surface area contributed by atoms with E-state index in [0.29, 0.717) is 12.0 Å². The van der Waals surface area contributed by atoms with Crippen LogP contribution in [0.15, 0.2) is 36.5 Å². The van der Waals surface area contributed by atoms with Crippen LogP contribution in [0.3, 0.4) is 0 Å². The van der Waals surface area contributed by atoms with Crippen LogP contribution in [0.4, 0.5) is 0 Å². The standard InChI is InChI=1S/C23H32N4/c1-18(19-8-4-3-5-9-19)11-14-27-15-12-21-20(17-27)16-24-23(25-21)22-10-6-7-13-26(22)2/h3-5,8-9,16,18,22H,6-7,10-15,17H2,1-2H3/t18-,22+/m1/s1. The van der Waals surface area contributed by atoms with Crippen LogP contribution < -0.4 is 0 Å². The van der Waals surface area contributed by atoms with Crippen molar-refractivity contribution in [1.82, 2.24) is 19.8 Å². The van der Waals surface area contributed by atoms with Gasteiger partial charge in [0.25, 0.3) is 0 Å². The van der Waals surface area contributed by atoms with Gasteiger partial charge in [0.05, 0.1) is 6.04 Å². The van der Waals surface area contributed by atoms with Crippen molar-refractivity contribution < 1.29 is 0 Å². The first-order valence-electron chi connectivity index (χ1n) is 10.5. The molecule has 0 bridgehead atoms. The molecule has 1 saturated heterocycles. The zero-order valence-corrected chi connectivity index (χ0v) is 16.8. The Hall–Kier alpha value is -1.78. The highest BCUT2D eigenvalue weighted by molar-refractivity contribution is 5.22. The van der Waals surface area contributed by atoms with Crippen LogP contribution in [0.5, 0.6) is 0 Å². The minimum atomic E-state index is 0.411. The van der Waals surface area contributed by atoms with Crippen molar-refractivity contribution in [3.63, 3.8) is 0 Å². The molecule has 2 aliphatic heterocycles. The second-order valence-corrected chi connectivity index (χ2v) is 8.32. The smallest absolute Gasteiger partial charge is 0.145 e. The fourth-order valence-corrected chi connectivity index (χ4v) is 4.47. The number of hydrogen-bond donors (Lipinski definition) is 0. The number of aromatic nitrogens is 2. The number of fused-ring (bicyclic) bond motifs is 1. The van der Waals surface area contributed by atoms with Crippen LogP contribution in [0.25, 0.3) is 0 Å². The highest BCUT2D eigenvalue weighted by Crippen LogP contribution is 2.28. The first-order chi connectivity index (χ1) is 13.2. The molecular formula is C23H32N4. The highest BCUT2D eigenvalue weighted by atomic mass is 15.2. The fourth-order valence-electron chi connectivity index (χ4n) is 4.47. The van der Waals surface area contributed by atoms with Gasteiger partial charge < -0.3 is 0 Å². The Kier molecular flexibility index (Phi) is 5.84. The van der Waals surface area contributed by atoms with E-state index in [1.807, 2.05) is 0 Å². The summed E-state index contributed by atoms with van der Waals surface area (Å²) in [6, 6.07) is 11.3. The molecule has 2 atom stereocenters. The molecule has 0 unspecified atom stereocenters. The van der Waals surface area contributed by atoms with Crippen molar-refractivity contribution in [2.75, 3.05) is 26.7 Å². The largest absolute Gasteiger partial charge is 0.299 e. The number of rotatable bonds is 5. The molecule has 0 amide bonds. The van der Waals surface area contributed by atoms with E-state index in [0.717, 1.165) is 31.9 Å². The number of hydrogen-bond acceptors (Lipinski definition) is 4. The third kappa shape index (κ3) is 4.39. The Morgan fingerprint density at radius 3 is 2.81 bits per heavy atom. The van der Waals surface area contributed by atoms with Gasteiger partial charge >= 0.3 is 0 Å². The van der Waals surface area contributed by atoms with Crippen LogP contribution in [-0.2, 0) is 13.0 Å². The van der Waals surface area contributed by atoms with E-state index in [1.165, 1.54) is 49.0 Å². The van der Waals surface area contributed by atoms with E-state index in [-0.39, 0.29) is 0 Å². The van der Waals surface area contributed by atoms with E-state index in [4.69, 9.17) is 9.97 Å². The number of piperidine rings is 1. The minimum absolute atomic E-state index is 0.411. The summed E-state index contributed by atoms with van der Waals surface area (Å²) < 4.78 is 0. The predicted octanol–water partition coefficient (Wildman–Crippen LogP) is 4.19. The second-order valence-electron chi connectivity index (χ2n) is 8.32. The van der Waals surface area contributed by atoms with Crippen LogP contribution in [0.2, 0.25) is 0 Å². The number of nitrogens with zero attached hydrogens (tertiary/aromatic N) is 4. The molecule has 144 valence electrons. The number of benzene rings is 1. The molecule has 0 aliphatic carbocycles. The maximum absolute atomic E-state index is 4.99. The van der Waals surface area contributed by atoms with Crippen LogP contribution in [-0.4, -0.2) is 46.4 Å². The Bertz CT molecular complexity index is 745. The fraction of sp³-hybridized carbons (Fsp3) is 0.565. The monoisotopic (exact) mass is 364 g/mol. The molecule has 0 N–H and O–H groups in total. The lowest BCUT2D eigenvalue weighted by Crippen LogP contribution is -2.34. The molecule has 0 spiro atoms. The van der Waals surface area contributed by atoms with Gasteiger partial charge in [-0.3, -0.25) is 9.80 Å². The maximum atomic E-state index is 4.99. The third-order valence-electron chi connectivity index (χ3n) is 6.35. The zero-order valence-electron chi connectivity index (χ0n) is 16.8. The van der Waals surface area contributed by atoms with E-state index in [9.17, 15) is 0 Å². The van der Waals surface area contributed by atoms with E-state index in [2.05, 4.69) is 60.3 Å². The molecule has 4 nitrogen and oxygen atoms in total. The van der Waals surface area contributed by atoms with Gasteiger partial charge in [-0.15, -0.1) is 0 Å². The molecular weight excluding hydrogens is 332 g/mol. The summed E-state index contributed by atoms with van der Waals surface area (Å²) in [5.74, 6) is 1.65. The Balaban J connectivity index is 1.36. The molecule has 2 aliphatic rings.